The predicted molar refractivity (Wildman–Crippen MR) is 97.9 cm³/mol. The van der Waals surface area contributed by atoms with Crippen LogP contribution in [0.2, 0.25) is 0 Å². The Morgan fingerprint density at radius 1 is 1.30 bits per heavy atom. The lowest BCUT2D eigenvalue weighted by molar-refractivity contribution is -0.118. The number of nitrogens with zero attached hydrogens (tertiary/aromatic N) is 1. The van der Waals surface area contributed by atoms with Gasteiger partial charge in [-0.3, -0.25) is 9.69 Å². The number of ether oxygens (including phenoxy) is 1. The fraction of sp³-hybridized carbons (Fsp3) is 0.562. The Hall–Kier alpha value is -0.950. The Bertz CT molecular complexity index is 453. The number of thioether (sulfide) groups is 1. The lowest BCUT2D eigenvalue weighted by atomic mass is 10.3. The minimum Gasteiger partial charge on any atom is -0.494 e. The van der Waals surface area contributed by atoms with Crippen molar-refractivity contribution in [2.45, 2.75) is 11.8 Å². The normalized spacial score (nSPS) is 14.8. The van der Waals surface area contributed by atoms with Crippen LogP contribution in [-0.2, 0) is 4.79 Å². The maximum absolute atomic E-state index is 11.8. The molecule has 0 aliphatic carbocycles. The van der Waals surface area contributed by atoms with Gasteiger partial charge in [0.25, 0.3) is 0 Å². The maximum Gasteiger partial charge on any atom is 0.230 e. The zero-order valence-corrected chi connectivity index (χ0v) is 15.2. The number of piperazine rings is 1. The topological polar surface area (TPSA) is 53.6 Å². The van der Waals surface area contributed by atoms with Crippen LogP contribution in [0.5, 0.6) is 5.75 Å². The monoisotopic (exact) mass is 359 g/mol. The van der Waals surface area contributed by atoms with Gasteiger partial charge in [0.05, 0.1) is 12.4 Å². The Morgan fingerprint density at radius 3 is 2.65 bits per heavy atom. The number of nitrogens with one attached hydrogen (secondary N) is 2. The van der Waals surface area contributed by atoms with E-state index in [4.69, 9.17) is 4.74 Å². The number of carbonyl (C=O) groups excluding carboxylic acids is 1. The van der Waals surface area contributed by atoms with E-state index in [2.05, 4.69) is 15.5 Å². The molecule has 1 aromatic carbocycles. The van der Waals surface area contributed by atoms with Crippen molar-refractivity contribution in [2.24, 2.45) is 0 Å². The van der Waals surface area contributed by atoms with Crippen molar-refractivity contribution in [3.63, 3.8) is 0 Å². The van der Waals surface area contributed by atoms with Crippen molar-refractivity contribution in [1.82, 2.24) is 15.5 Å². The zero-order valence-electron chi connectivity index (χ0n) is 13.5. The number of carbonyl (C=O) groups is 1. The van der Waals surface area contributed by atoms with Crippen molar-refractivity contribution < 1.29 is 9.53 Å². The van der Waals surface area contributed by atoms with Gasteiger partial charge in [-0.2, -0.15) is 0 Å². The average molecular weight is 360 g/mol. The smallest absolute Gasteiger partial charge is 0.230 e. The molecule has 0 radical (unpaired) electrons. The summed E-state index contributed by atoms with van der Waals surface area (Å²) in [6.07, 6.45) is 0. The third-order valence-corrected chi connectivity index (χ3v) is 4.48. The molecule has 0 unspecified atom stereocenters. The molecule has 5 nitrogen and oxygen atoms in total. The SMILES string of the molecule is CCOc1ccc(SCC(=O)NCCN2CCNCC2)cc1.Cl. The molecular formula is C16H26ClN3O2S. The van der Waals surface area contributed by atoms with Gasteiger partial charge in [0.2, 0.25) is 5.91 Å². The van der Waals surface area contributed by atoms with Gasteiger partial charge >= 0.3 is 0 Å². The van der Waals surface area contributed by atoms with E-state index in [1.54, 1.807) is 11.8 Å². The Balaban J connectivity index is 0.00000264. The highest BCUT2D eigenvalue weighted by atomic mass is 35.5. The summed E-state index contributed by atoms with van der Waals surface area (Å²) in [5.74, 6) is 1.41. The lowest BCUT2D eigenvalue weighted by Crippen LogP contribution is -2.46. The van der Waals surface area contributed by atoms with Crippen LogP contribution in [0.3, 0.4) is 0 Å². The Labute approximate surface area is 148 Å². The van der Waals surface area contributed by atoms with Gasteiger partial charge in [0.15, 0.2) is 0 Å². The fourth-order valence-electron chi connectivity index (χ4n) is 2.29. The van der Waals surface area contributed by atoms with E-state index in [1.165, 1.54) is 0 Å². The largest absolute Gasteiger partial charge is 0.494 e. The first-order chi connectivity index (χ1) is 10.8. The molecule has 1 aliphatic rings. The minimum absolute atomic E-state index is 0. The molecule has 0 atom stereocenters. The maximum atomic E-state index is 11.8. The predicted octanol–water partition coefficient (Wildman–Crippen LogP) is 1.62. The molecule has 0 aromatic heterocycles. The van der Waals surface area contributed by atoms with Gasteiger partial charge < -0.3 is 15.4 Å². The van der Waals surface area contributed by atoms with E-state index in [1.807, 2.05) is 31.2 Å². The molecule has 1 saturated heterocycles. The highest BCUT2D eigenvalue weighted by Gasteiger charge is 2.09. The number of amides is 1. The van der Waals surface area contributed by atoms with Crippen molar-refractivity contribution in [3.8, 4) is 5.75 Å². The van der Waals surface area contributed by atoms with Crippen molar-refractivity contribution in [3.05, 3.63) is 24.3 Å². The number of halogens is 1. The first-order valence-electron chi connectivity index (χ1n) is 7.83. The molecule has 2 rings (SSSR count). The first kappa shape index (κ1) is 20.1. The number of hydrogen-bond donors (Lipinski definition) is 2. The quantitative estimate of drug-likeness (QED) is 0.691. The molecule has 0 bridgehead atoms. The molecule has 23 heavy (non-hydrogen) atoms. The molecule has 1 aromatic rings. The summed E-state index contributed by atoms with van der Waals surface area (Å²) in [7, 11) is 0. The van der Waals surface area contributed by atoms with Crippen molar-refractivity contribution in [1.29, 1.82) is 0 Å². The summed E-state index contributed by atoms with van der Waals surface area (Å²) in [5, 5.41) is 6.31. The van der Waals surface area contributed by atoms with Crippen LogP contribution in [0.25, 0.3) is 0 Å². The van der Waals surface area contributed by atoms with Crippen LogP contribution in [-0.4, -0.2) is 62.4 Å². The molecule has 1 fully saturated rings. The van der Waals surface area contributed by atoms with Gasteiger partial charge in [-0.25, -0.2) is 0 Å². The lowest BCUT2D eigenvalue weighted by Gasteiger charge is -2.27. The molecule has 1 heterocycles. The number of hydrogen-bond acceptors (Lipinski definition) is 5. The summed E-state index contributed by atoms with van der Waals surface area (Å²) in [4.78, 5) is 15.3. The summed E-state index contributed by atoms with van der Waals surface area (Å²) >= 11 is 1.55. The van der Waals surface area contributed by atoms with Crippen LogP contribution in [0.15, 0.2) is 29.2 Å². The summed E-state index contributed by atoms with van der Waals surface area (Å²) in [6, 6.07) is 7.86. The third-order valence-electron chi connectivity index (χ3n) is 3.46. The summed E-state index contributed by atoms with van der Waals surface area (Å²) in [5.41, 5.74) is 0. The molecule has 2 N–H and O–H groups in total. The minimum atomic E-state index is 0. The fourth-order valence-corrected chi connectivity index (χ4v) is 3.02. The van der Waals surface area contributed by atoms with Gasteiger partial charge in [-0.05, 0) is 31.2 Å². The van der Waals surface area contributed by atoms with Crippen LogP contribution < -0.4 is 15.4 Å². The van der Waals surface area contributed by atoms with Gasteiger partial charge in [0.1, 0.15) is 5.75 Å². The van der Waals surface area contributed by atoms with E-state index in [-0.39, 0.29) is 18.3 Å². The second-order valence-electron chi connectivity index (χ2n) is 5.13. The second kappa shape index (κ2) is 11.6. The summed E-state index contributed by atoms with van der Waals surface area (Å²) < 4.78 is 5.40. The standard InChI is InChI=1S/C16H25N3O2S.ClH/c1-2-21-14-3-5-15(6-4-14)22-13-16(20)18-9-12-19-10-7-17-8-11-19;/h3-6,17H,2,7-13H2,1H3,(H,18,20);1H. The molecular weight excluding hydrogens is 334 g/mol. The molecule has 7 heteroatoms. The number of benzene rings is 1. The molecule has 130 valence electrons. The Kier molecular flexibility index (Phi) is 10.1. The third kappa shape index (κ3) is 7.92. The average Bonchev–Trinajstić information content (AvgIpc) is 2.55. The highest BCUT2D eigenvalue weighted by Crippen LogP contribution is 2.21. The van der Waals surface area contributed by atoms with Crippen LogP contribution in [0, 0.1) is 0 Å². The molecule has 0 saturated carbocycles. The summed E-state index contributed by atoms with van der Waals surface area (Å²) in [6.45, 7) is 8.51. The van der Waals surface area contributed by atoms with Crippen molar-refractivity contribution >= 4 is 30.1 Å². The number of rotatable bonds is 8. The van der Waals surface area contributed by atoms with E-state index in [0.29, 0.717) is 12.4 Å². The van der Waals surface area contributed by atoms with Crippen LogP contribution in [0.1, 0.15) is 6.92 Å². The van der Waals surface area contributed by atoms with E-state index in [9.17, 15) is 4.79 Å². The van der Waals surface area contributed by atoms with Gasteiger partial charge in [-0.15, -0.1) is 24.2 Å². The van der Waals surface area contributed by atoms with Crippen molar-refractivity contribution in [2.75, 3.05) is 51.6 Å². The Morgan fingerprint density at radius 2 is 2.00 bits per heavy atom. The molecule has 1 amide bonds. The van der Waals surface area contributed by atoms with E-state index < -0.39 is 0 Å². The second-order valence-corrected chi connectivity index (χ2v) is 6.18. The van der Waals surface area contributed by atoms with E-state index in [0.717, 1.165) is 49.9 Å². The van der Waals surface area contributed by atoms with Crippen LogP contribution in [0.4, 0.5) is 0 Å². The first-order valence-corrected chi connectivity index (χ1v) is 8.82. The molecule has 0 spiro atoms. The van der Waals surface area contributed by atoms with E-state index >= 15 is 0 Å². The van der Waals surface area contributed by atoms with Crippen LogP contribution >= 0.6 is 24.2 Å². The molecule has 1 aliphatic heterocycles. The van der Waals surface area contributed by atoms with Gasteiger partial charge in [0, 0.05) is 44.2 Å². The highest BCUT2D eigenvalue weighted by molar-refractivity contribution is 8.00. The van der Waals surface area contributed by atoms with Gasteiger partial charge in [-0.1, -0.05) is 0 Å². The zero-order chi connectivity index (χ0) is 15.6.